The summed E-state index contributed by atoms with van der Waals surface area (Å²) in [7, 11) is 0. The molecule has 1 atom stereocenters. The highest BCUT2D eigenvalue weighted by Crippen LogP contribution is 2.27. The summed E-state index contributed by atoms with van der Waals surface area (Å²) in [5, 5.41) is 5.25. The lowest BCUT2D eigenvalue weighted by Crippen LogP contribution is -2.36. The Hall–Kier alpha value is -2.37. The lowest BCUT2D eigenvalue weighted by Gasteiger charge is -2.14. The van der Waals surface area contributed by atoms with Crippen LogP contribution in [0, 0.1) is 19.8 Å². The number of carbonyl (C=O) groups is 2. The minimum atomic E-state index is -0.346. The maximum absolute atomic E-state index is 12.2. The van der Waals surface area contributed by atoms with Crippen molar-refractivity contribution in [2.75, 3.05) is 13.2 Å². The van der Waals surface area contributed by atoms with Crippen LogP contribution < -0.4 is 20.6 Å². The van der Waals surface area contributed by atoms with Gasteiger partial charge in [0.15, 0.2) is 6.61 Å². The fraction of sp³-hybridized carbons (Fsp3) is 0.286. The zero-order chi connectivity index (χ0) is 20.3. The van der Waals surface area contributed by atoms with Crippen molar-refractivity contribution < 1.29 is 14.3 Å². The van der Waals surface area contributed by atoms with Crippen LogP contribution in [-0.2, 0) is 9.59 Å². The van der Waals surface area contributed by atoms with Gasteiger partial charge in [-0.3, -0.25) is 9.59 Å². The Balaban J connectivity index is 1.53. The number of halogens is 2. The molecule has 2 aromatic carbocycles. The van der Waals surface area contributed by atoms with E-state index in [2.05, 4.69) is 10.3 Å². The normalized spacial score (nSPS) is 15.3. The number of amides is 2. The summed E-state index contributed by atoms with van der Waals surface area (Å²) in [5.74, 6) is -0.438. The van der Waals surface area contributed by atoms with E-state index in [9.17, 15) is 9.59 Å². The molecule has 1 unspecified atom stereocenters. The summed E-state index contributed by atoms with van der Waals surface area (Å²) >= 11 is 11.8. The van der Waals surface area contributed by atoms with Gasteiger partial charge in [0.25, 0.3) is 11.8 Å². The van der Waals surface area contributed by atoms with E-state index in [0.29, 0.717) is 34.1 Å². The third-order valence-corrected chi connectivity index (χ3v) is 5.13. The van der Waals surface area contributed by atoms with E-state index in [1.54, 1.807) is 18.2 Å². The highest BCUT2D eigenvalue weighted by atomic mass is 35.5. The van der Waals surface area contributed by atoms with Gasteiger partial charge in [0.2, 0.25) is 0 Å². The molecule has 0 spiro atoms. The first-order valence-electron chi connectivity index (χ1n) is 8.89. The first-order valence-corrected chi connectivity index (χ1v) is 9.65. The van der Waals surface area contributed by atoms with Gasteiger partial charge in [-0.15, -0.1) is 0 Å². The van der Waals surface area contributed by atoms with Gasteiger partial charge in [-0.05, 0) is 66.9 Å². The molecule has 0 saturated heterocycles. The van der Waals surface area contributed by atoms with Crippen molar-refractivity contribution in [3.05, 3.63) is 62.1 Å². The van der Waals surface area contributed by atoms with Gasteiger partial charge < -0.3 is 10.1 Å². The second-order valence-corrected chi connectivity index (χ2v) is 7.56. The summed E-state index contributed by atoms with van der Waals surface area (Å²) in [6.07, 6.45) is 2.40. The molecule has 0 saturated carbocycles. The van der Waals surface area contributed by atoms with Crippen molar-refractivity contribution in [2.24, 2.45) is 10.9 Å². The second-order valence-electron chi connectivity index (χ2n) is 6.72. The van der Waals surface area contributed by atoms with Crippen molar-refractivity contribution in [2.45, 2.75) is 20.3 Å². The Morgan fingerprint density at radius 1 is 1.18 bits per heavy atom. The molecule has 1 aliphatic heterocycles. The molecular weight excluding hydrogens is 399 g/mol. The summed E-state index contributed by atoms with van der Waals surface area (Å²) in [6, 6.07) is 8.75. The van der Waals surface area contributed by atoms with Crippen LogP contribution in [0.3, 0.4) is 0 Å². The van der Waals surface area contributed by atoms with E-state index in [4.69, 9.17) is 27.9 Å². The maximum Gasteiger partial charge on any atom is 0.257 e. The Morgan fingerprint density at radius 2 is 1.93 bits per heavy atom. The lowest BCUT2D eigenvalue weighted by molar-refractivity contribution is -0.124. The van der Waals surface area contributed by atoms with E-state index in [-0.39, 0.29) is 24.3 Å². The molecule has 0 fully saturated rings. The number of carbonyl (C=O) groups excluding carboxylic acids is 2. The molecule has 0 aliphatic carbocycles. The Labute approximate surface area is 173 Å². The number of nitrogens with one attached hydrogen (secondary N) is 1. The first-order chi connectivity index (χ1) is 13.3. The number of ether oxygens (including phenoxy) is 1. The molecule has 1 aliphatic rings. The van der Waals surface area contributed by atoms with E-state index >= 15 is 0 Å². The average Bonchev–Trinajstić information content (AvgIpc) is 2.63. The molecule has 0 radical (unpaired) electrons. The molecule has 146 valence electrons. The number of benzene rings is 2. The van der Waals surface area contributed by atoms with Crippen LogP contribution in [0.15, 0.2) is 35.3 Å². The number of hydrogen-bond donors (Lipinski definition) is 1. The molecule has 0 aromatic heterocycles. The fourth-order valence-corrected chi connectivity index (χ4v) is 3.37. The minimum Gasteiger partial charge on any atom is -0.482 e. The van der Waals surface area contributed by atoms with E-state index in [1.807, 2.05) is 32.1 Å². The van der Waals surface area contributed by atoms with Crippen molar-refractivity contribution in [1.29, 1.82) is 0 Å². The van der Waals surface area contributed by atoms with E-state index in [0.717, 1.165) is 16.3 Å². The lowest BCUT2D eigenvalue weighted by atomic mass is 9.98. The maximum atomic E-state index is 12.2. The number of nitrogens with zero attached hydrogens (tertiary/aromatic N) is 1. The molecule has 5 nitrogen and oxygen atoms in total. The van der Waals surface area contributed by atoms with Crippen molar-refractivity contribution in [3.63, 3.8) is 0 Å². The summed E-state index contributed by atoms with van der Waals surface area (Å²) in [6.45, 7) is 4.20. The summed E-state index contributed by atoms with van der Waals surface area (Å²) < 4.78 is 5.39. The average molecular weight is 419 g/mol. The molecule has 7 heteroatoms. The third-order valence-electron chi connectivity index (χ3n) is 4.60. The van der Waals surface area contributed by atoms with E-state index < -0.39 is 0 Å². The van der Waals surface area contributed by atoms with Crippen LogP contribution in [0.5, 0.6) is 5.75 Å². The monoisotopic (exact) mass is 418 g/mol. The number of fused-ring (bicyclic) bond motifs is 1. The molecule has 2 aromatic rings. The Bertz CT molecular complexity index is 1050. The highest BCUT2D eigenvalue weighted by Gasteiger charge is 2.18. The molecule has 1 N–H and O–H groups in total. The zero-order valence-electron chi connectivity index (χ0n) is 15.6. The van der Waals surface area contributed by atoms with Gasteiger partial charge in [0, 0.05) is 11.6 Å². The molecule has 1 heterocycles. The number of hydrogen-bond acceptors (Lipinski definition) is 3. The van der Waals surface area contributed by atoms with Gasteiger partial charge in [0.1, 0.15) is 5.75 Å². The smallest absolute Gasteiger partial charge is 0.257 e. The predicted molar refractivity (Wildman–Crippen MR) is 109 cm³/mol. The van der Waals surface area contributed by atoms with Crippen LogP contribution in [0.25, 0.3) is 6.08 Å². The largest absolute Gasteiger partial charge is 0.482 e. The quantitative estimate of drug-likeness (QED) is 0.783. The van der Waals surface area contributed by atoms with Crippen LogP contribution >= 0.6 is 23.2 Å². The first kappa shape index (κ1) is 20.4. The van der Waals surface area contributed by atoms with Gasteiger partial charge in [-0.25, -0.2) is 4.99 Å². The molecule has 3 rings (SSSR count). The topological polar surface area (TPSA) is 67.8 Å². The summed E-state index contributed by atoms with van der Waals surface area (Å²) in [5.41, 5.74) is 2.26. The predicted octanol–water partition coefficient (Wildman–Crippen LogP) is 2.75. The molecule has 0 bridgehead atoms. The molecular formula is C21H20Cl2N2O3. The zero-order valence-corrected chi connectivity index (χ0v) is 17.1. The van der Waals surface area contributed by atoms with Gasteiger partial charge in [-0.2, -0.15) is 0 Å². The van der Waals surface area contributed by atoms with Crippen LogP contribution in [-0.4, -0.2) is 25.0 Å². The van der Waals surface area contributed by atoms with Gasteiger partial charge in [0.05, 0.1) is 16.3 Å². The highest BCUT2D eigenvalue weighted by molar-refractivity contribution is 6.35. The van der Waals surface area contributed by atoms with Crippen LogP contribution in [0.2, 0.25) is 10.0 Å². The number of rotatable bonds is 6. The van der Waals surface area contributed by atoms with Gasteiger partial charge >= 0.3 is 0 Å². The van der Waals surface area contributed by atoms with Crippen molar-refractivity contribution >= 4 is 41.1 Å². The fourth-order valence-electron chi connectivity index (χ4n) is 2.90. The van der Waals surface area contributed by atoms with Crippen LogP contribution in [0.1, 0.15) is 17.5 Å². The van der Waals surface area contributed by atoms with E-state index in [1.165, 1.54) is 0 Å². The van der Waals surface area contributed by atoms with Crippen molar-refractivity contribution in [3.8, 4) is 5.75 Å². The SMILES string of the molecule is Cc1cc2c(cc1C)=NC(=O)C(CCNC(=O)COc1ccc(Cl)cc1Cl)C=2. The second kappa shape index (κ2) is 8.76. The Kier molecular flexibility index (Phi) is 6.37. The summed E-state index contributed by atoms with van der Waals surface area (Å²) in [4.78, 5) is 28.4. The standard InChI is InChI=1S/C21H20Cl2N2O3/c1-12-7-15-9-14(21(27)25-18(15)8-13(12)2)5-6-24-20(26)11-28-19-4-3-16(22)10-17(19)23/h3-4,7-10,14H,5-6,11H2,1-2H3,(H,24,26). The third kappa shape index (κ3) is 4.91. The van der Waals surface area contributed by atoms with Crippen LogP contribution in [0.4, 0.5) is 0 Å². The van der Waals surface area contributed by atoms with Gasteiger partial charge in [-0.1, -0.05) is 29.3 Å². The molecule has 2 amide bonds. The molecule has 28 heavy (non-hydrogen) atoms. The van der Waals surface area contributed by atoms with Crippen molar-refractivity contribution in [1.82, 2.24) is 5.32 Å². The Morgan fingerprint density at radius 3 is 2.68 bits per heavy atom. The minimum absolute atomic E-state index is 0.171. The number of aryl methyl sites for hydroxylation is 2.